The number of rotatable bonds is 3. The van der Waals surface area contributed by atoms with Crippen LogP contribution >= 0.6 is 0 Å². The minimum Gasteiger partial charge on any atom is -0.308 e. The molecule has 28 heavy (non-hydrogen) atoms. The predicted molar refractivity (Wildman–Crippen MR) is 110 cm³/mol. The van der Waals surface area contributed by atoms with Crippen LogP contribution in [0.15, 0.2) is 42.5 Å². The van der Waals surface area contributed by atoms with Crippen LogP contribution in [-0.4, -0.2) is 28.8 Å². The fourth-order valence-corrected chi connectivity index (χ4v) is 3.15. The number of anilines is 2. The second-order valence-corrected chi connectivity index (χ2v) is 8.24. The fraction of sp³-hybridized carbons (Fsp3) is 0.318. The quantitative estimate of drug-likeness (QED) is 0.763. The number of fused-ring (bicyclic) bond motifs is 1. The lowest BCUT2D eigenvalue weighted by Gasteiger charge is -2.19. The Labute approximate surface area is 164 Å². The first-order chi connectivity index (χ1) is 13.1. The molecule has 0 saturated heterocycles. The molecule has 2 N–H and O–H groups in total. The summed E-state index contributed by atoms with van der Waals surface area (Å²) < 4.78 is 0. The molecule has 6 nitrogen and oxygen atoms in total. The first kappa shape index (κ1) is 19.6. The van der Waals surface area contributed by atoms with Gasteiger partial charge in [-0.2, -0.15) is 0 Å². The highest BCUT2D eigenvalue weighted by atomic mass is 16.2. The predicted octanol–water partition coefficient (Wildman–Crippen LogP) is 4.63. The number of urea groups is 1. The third kappa shape index (κ3) is 3.76. The zero-order valence-corrected chi connectivity index (χ0v) is 16.8. The summed E-state index contributed by atoms with van der Waals surface area (Å²) in [6.45, 7) is 9.96. The normalized spacial score (nSPS) is 13.7. The molecule has 0 radical (unpaired) electrons. The van der Waals surface area contributed by atoms with Crippen molar-refractivity contribution >= 4 is 29.2 Å². The van der Waals surface area contributed by atoms with E-state index in [2.05, 4.69) is 31.4 Å². The first-order valence-electron chi connectivity index (χ1n) is 9.28. The van der Waals surface area contributed by atoms with Gasteiger partial charge in [-0.1, -0.05) is 32.9 Å². The Morgan fingerprint density at radius 1 is 0.857 bits per heavy atom. The van der Waals surface area contributed by atoms with Gasteiger partial charge >= 0.3 is 6.03 Å². The smallest absolute Gasteiger partial charge is 0.308 e. The van der Waals surface area contributed by atoms with E-state index in [0.29, 0.717) is 22.5 Å². The van der Waals surface area contributed by atoms with Crippen molar-refractivity contribution in [2.75, 3.05) is 10.6 Å². The molecule has 2 aromatic carbocycles. The topological polar surface area (TPSA) is 78.5 Å². The molecule has 2 aromatic rings. The average Bonchev–Trinajstić information content (AvgIpc) is 2.85. The second-order valence-electron chi connectivity index (χ2n) is 8.24. The third-order valence-corrected chi connectivity index (χ3v) is 4.70. The number of amides is 4. The van der Waals surface area contributed by atoms with Crippen molar-refractivity contribution in [1.82, 2.24) is 4.90 Å². The lowest BCUT2D eigenvalue weighted by molar-refractivity contribution is 0.0609. The van der Waals surface area contributed by atoms with Crippen molar-refractivity contribution < 1.29 is 14.4 Å². The molecule has 3 rings (SSSR count). The first-order valence-corrected chi connectivity index (χ1v) is 9.28. The van der Waals surface area contributed by atoms with Gasteiger partial charge in [0.05, 0.1) is 11.1 Å². The van der Waals surface area contributed by atoms with Crippen molar-refractivity contribution in [1.29, 1.82) is 0 Å². The van der Waals surface area contributed by atoms with Gasteiger partial charge in [0.15, 0.2) is 0 Å². The van der Waals surface area contributed by atoms with Gasteiger partial charge in [0.1, 0.15) is 0 Å². The zero-order valence-electron chi connectivity index (χ0n) is 16.8. The number of nitrogens with zero attached hydrogens (tertiary/aromatic N) is 1. The van der Waals surface area contributed by atoms with Gasteiger partial charge in [-0.25, -0.2) is 4.79 Å². The molecule has 1 heterocycles. The molecule has 4 amide bonds. The standard InChI is InChI=1S/C22H25N3O3/c1-13(2)25-19(26)17-11-10-16(12-18(17)20(25)27)24-21(28)23-15-8-6-14(7-9-15)22(3,4)5/h6-13H,1-5H3,(H2,23,24,28). The van der Waals surface area contributed by atoms with Crippen LogP contribution in [0.2, 0.25) is 0 Å². The van der Waals surface area contributed by atoms with Crippen molar-refractivity contribution in [3.05, 3.63) is 59.2 Å². The molecular weight excluding hydrogens is 354 g/mol. The number of hydrogen-bond acceptors (Lipinski definition) is 3. The third-order valence-electron chi connectivity index (χ3n) is 4.70. The zero-order chi connectivity index (χ0) is 20.6. The summed E-state index contributed by atoms with van der Waals surface area (Å²) in [7, 11) is 0. The van der Waals surface area contributed by atoms with Gasteiger partial charge in [-0.15, -0.1) is 0 Å². The van der Waals surface area contributed by atoms with E-state index >= 15 is 0 Å². The molecule has 1 aliphatic heterocycles. The van der Waals surface area contributed by atoms with Crippen LogP contribution < -0.4 is 10.6 Å². The highest BCUT2D eigenvalue weighted by Crippen LogP contribution is 2.27. The Kier molecular flexibility index (Phi) is 4.98. The maximum absolute atomic E-state index is 12.5. The van der Waals surface area contributed by atoms with Gasteiger partial charge in [0, 0.05) is 17.4 Å². The highest BCUT2D eigenvalue weighted by molar-refractivity contribution is 6.22. The van der Waals surface area contributed by atoms with Crippen LogP contribution in [-0.2, 0) is 5.41 Å². The molecule has 0 saturated carbocycles. The van der Waals surface area contributed by atoms with Gasteiger partial charge in [0.2, 0.25) is 0 Å². The molecule has 0 spiro atoms. The lowest BCUT2D eigenvalue weighted by Crippen LogP contribution is -2.35. The van der Waals surface area contributed by atoms with E-state index in [9.17, 15) is 14.4 Å². The maximum atomic E-state index is 12.5. The molecule has 146 valence electrons. The molecule has 0 bridgehead atoms. The number of carbonyl (C=O) groups excluding carboxylic acids is 3. The lowest BCUT2D eigenvalue weighted by atomic mass is 9.87. The van der Waals surface area contributed by atoms with Crippen molar-refractivity contribution in [2.45, 2.75) is 46.1 Å². The summed E-state index contributed by atoms with van der Waals surface area (Å²) in [5, 5.41) is 5.48. The van der Waals surface area contributed by atoms with Crippen LogP contribution in [0.1, 0.15) is 60.9 Å². The SMILES string of the molecule is CC(C)N1C(=O)c2ccc(NC(=O)Nc3ccc(C(C)(C)C)cc3)cc2C1=O. The highest BCUT2D eigenvalue weighted by Gasteiger charge is 2.37. The van der Waals surface area contributed by atoms with E-state index in [-0.39, 0.29) is 23.3 Å². The van der Waals surface area contributed by atoms with Crippen LogP contribution in [0.3, 0.4) is 0 Å². The van der Waals surface area contributed by atoms with Crippen molar-refractivity contribution in [3.8, 4) is 0 Å². The molecule has 6 heteroatoms. The Morgan fingerprint density at radius 3 is 1.96 bits per heavy atom. The molecular formula is C22H25N3O3. The summed E-state index contributed by atoms with van der Waals surface area (Å²) in [4.78, 5) is 38.3. The van der Waals surface area contributed by atoms with E-state index < -0.39 is 6.03 Å². The molecule has 0 atom stereocenters. The minimum atomic E-state index is -0.416. The number of nitrogens with one attached hydrogen (secondary N) is 2. The monoisotopic (exact) mass is 379 g/mol. The minimum absolute atomic E-state index is 0.0407. The number of carbonyl (C=O) groups is 3. The van der Waals surface area contributed by atoms with Crippen LogP contribution in [0, 0.1) is 0 Å². The van der Waals surface area contributed by atoms with E-state index in [1.165, 1.54) is 10.5 Å². The maximum Gasteiger partial charge on any atom is 0.323 e. The Balaban J connectivity index is 1.71. The summed E-state index contributed by atoms with van der Waals surface area (Å²) in [5.74, 6) is -0.637. The largest absolute Gasteiger partial charge is 0.323 e. The van der Waals surface area contributed by atoms with E-state index in [1.807, 2.05) is 24.3 Å². The van der Waals surface area contributed by atoms with E-state index in [1.54, 1.807) is 32.0 Å². The molecule has 0 aromatic heterocycles. The van der Waals surface area contributed by atoms with Gasteiger partial charge in [0.25, 0.3) is 11.8 Å². The number of hydrogen-bond donors (Lipinski definition) is 2. The van der Waals surface area contributed by atoms with Crippen LogP contribution in [0.25, 0.3) is 0 Å². The van der Waals surface area contributed by atoms with E-state index in [4.69, 9.17) is 0 Å². The molecule has 0 aliphatic carbocycles. The Bertz CT molecular complexity index is 940. The molecule has 1 aliphatic rings. The number of benzene rings is 2. The summed E-state index contributed by atoms with van der Waals surface area (Å²) in [5.41, 5.74) is 3.01. The second kappa shape index (κ2) is 7.11. The summed E-state index contributed by atoms with van der Waals surface area (Å²) in [6, 6.07) is 11.8. The summed E-state index contributed by atoms with van der Waals surface area (Å²) in [6.07, 6.45) is 0. The Hall–Kier alpha value is -3.15. The van der Waals surface area contributed by atoms with E-state index in [0.717, 1.165) is 0 Å². The van der Waals surface area contributed by atoms with Crippen LogP contribution in [0.5, 0.6) is 0 Å². The number of imide groups is 1. The van der Waals surface area contributed by atoms with Gasteiger partial charge < -0.3 is 10.6 Å². The fourth-order valence-electron chi connectivity index (χ4n) is 3.15. The van der Waals surface area contributed by atoms with Crippen molar-refractivity contribution in [3.63, 3.8) is 0 Å². The Morgan fingerprint density at radius 2 is 1.39 bits per heavy atom. The van der Waals surface area contributed by atoms with Crippen molar-refractivity contribution in [2.24, 2.45) is 0 Å². The van der Waals surface area contributed by atoms with Crippen LogP contribution in [0.4, 0.5) is 16.2 Å². The average molecular weight is 379 g/mol. The molecule has 0 unspecified atom stereocenters. The molecule has 0 fully saturated rings. The van der Waals surface area contributed by atoms with Gasteiger partial charge in [-0.05, 0) is 55.2 Å². The van der Waals surface area contributed by atoms with Gasteiger partial charge in [-0.3, -0.25) is 14.5 Å². The summed E-state index contributed by atoms with van der Waals surface area (Å²) >= 11 is 0.